The summed E-state index contributed by atoms with van der Waals surface area (Å²) in [6.07, 6.45) is 0.773. The van der Waals surface area contributed by atoms with E-state index in [1.807, 2.05) is 26.0 Å². The van der Waals surface area contributed by atoms with Crippen LogP contribution in [0, 0.1) is 5.92 Å². The first kappa shape index (κ1) is 19.4. The van der Waals surface area contributed by atoms with Gasteiger partial charge in [0.05, 0.1) is 15.9 Å². The lowest BCUT2D eigenvalue weighted by Gasteiger charge is -2.29. The van der Waals surface area contributed by atoms with Gasteiger partial charge in [-0.25, -0.2) is 0 Å². The summed E-state index contributed by atoms with van der Waals surface area (Å²) >= 11 is 13.8. The van der Waals surface area contributed by atoms with E-state index in [1.165, 1.54) is 0 Å². The zero-order chi connectivity index (χ0) is 17.9. The van der Waals surface area contributed by atoms with E-state index in [4.69, 9.17) is 23.2 Å². The summed E-state index contributed by atoms with van der Waals surface area (Å²) in [5.41, 5.74) is 0.797. The molecule has 0 radical (unpaired) electrons. The van der Waals surface area contributed by atoms with E-state index in [-0.39, 0.29) is 17.7 Å². The van der Waals surface area contributed by atoms with Crippen LogP contribution in [0.2, 0.25) is 10.0 Å². The van der Waals surface area contributed by atoms with Gasteiger partial charge in [-0.15, -0.1) is 11.8 Å². The van der Waals surface area contributed by atoms with Gasteiger partial charge in [0.2, 0.25) is 11.8 Å². The van der Waals surface area contributed by atoms with Gasteiger partial charge in [0, 0.05) is 25.3 Å². The Morgan fingerprint density at radius 3 is 2.79 bits per heavy atom. The number of amides is 2. The third-order valence-corrected chi connectivity index (χ3v) is 6.17. The van der Waals surface area contributed by atoms with Gasteiger partial charge in [-0.1, -0.05) is 49.2 Å². The van der Waals surface area contributed by atoms with Crippen LogP contribution in [0.4, 0.5) is 0 Å². The molecular formula is C17H22Cl2N2O2S. The summed E-state index contributed by atoms with van der Waals surface area (Å²) < 4.78 is 0. The minimum absolute atomic E-state index is 0.0510. The molecule has 1 aliphatic rings. The first-order valence-electron chi connectivity index (χ1n) is 7.92. The maximum atomic E-state index is 12.8. The molecule has 0 aliphatic carbocycles. The molecule has 0 saturated carbocycles. The number of thioether (sulfide) groups is 1. The van der Waals surface area contributed by atoms with E-state index in [1.54, 1.807) is 34.7 Å². The smallest absolute Gasteiger partial charge is 0.246 e. The summed E-state index contributed by atoms with van der Waals surface area (Å²) in [4.78, 5) is 28.6. The van der Waals surface area contributed by atoms with Crippen LogP contribution in [0.3, 0.4) is 0 Å². The van der Waals surface area contributed by atoms with Gasteiger partial charge in [-0.05, 0) is 18.1 Å². The maximum Gasteiger partial charge on any atom is 0.246 e. The fourth-order valence-electron chi connectivity index (χ4n) is 2.58. The lowest BCUT2D eigenvalue weighted by atomic mass is 10.1. The van der Waals surface area contributed by atoms with E-state index in [2.05, 4.69) is 0 Å². The fourth-order valence-corrected chi connectivity index (χ4v) is 4.12. The molecule has 7 heteroatoms. The normalized spacial score (nSPS) is 18.5. The quantitative estimate of drug-likeness (QED) is 0.767. The molecule has 0 spiro atoms. The minimum Gasteiger partial charge on any atom is -0.340 e. The van der Waals surface area contributed by atoms with Crippen LogP contribution in [-0.4, -0.2) is 46.3 Å². The first-order valence-corrected chi connectivity index (χ1v) is 9.84. The average Bonchev–Trinajstić information content (AvgIpc) is 3.06. The Balaban J connectivity index is 2.09. The third-order valence-electron chi connectivity index (χ3n) is 4.30. The highest BCUT2D eigenvalue weighted by Crippen LogP contribution is 2.28. The van der Waals surface area contributed by atoms with Gasteiger partial charge in [-0.3, -0.25) is 9.59 Å². The molecule has 4 nitrogen and oxygen atoms in total. The number of benzene rings is 1. The highest BCUT2D eigenvalue weighted by Gasteiger charge is 2.37. The molecule has 1 saturated heterocycles. The number of carbonyl (C=O) groups excluding carboxylic acids is 2. The van der Waals surface area contributed by atoms with Gasteiger partial charge >= 0.3 is 0 Å². The summed E-state index contributed by atoms with van der Waals surface area (Å²) in [6, 6.07) is 4.98. The predicted octanol–water partition coefficient (Wildman–Crippen LogP) is 3.90. The van der Waals surface area contributed by atoms with Crippen molar-refractivity contribution in [1.29, 1.82) is 0 Å². The van der Waals surface area contributed by atoms with Crippen LogP contribution in [0.25, 0.3) is 0 Å². The van der Waals surface area contributed by atoms with Crippen LogP contribution in [-0.2, 0) is 16.1 Å². The molecule has 0 bridgehead atoms. The van der Waals surface area contributed by atoms with E-state index < -0.39 is 6.04 Å². The lowest BCUT2D eigenvalue weighted by molar-refractivity contribution is -0.144. The Morgan fingerprint density at radius 2 is 2.12 bits per heavy atom. The summed E-state index contributed by atoms with van der Waals surface area (Å²) in [7, 11) is 1.73. The van der Waals surface area contributed by atoms with Gasteiger partial charge in [0.1, 0.15) is 6.04 Å². The molecule has 0 unspecified atom stereocenters. The summed E-state index contributed by atoms with van der Waals surface area (Å²) in [5.74, 6) is 1.13. The Kier molecular flexibility index (Phi) is 6.84. The molecule has 0 aromatic heterocycles. The van der Waals surface area contributed by atoms with E-state index in [0.29, 0.717) is 28.2 Å². The molecule has 2 atom stereocenters. The maximum absolute atomic E-state index is 12.8. The molecule has 132 valence electrons. The summed E-state index contributed by atoms with van der Waals surface area (Å²) in [5, 5.41) is 0.937. The second kappa shape index (κ2) is 8.45. The molecule has 1 heterocycles. The number of nitrogens with zero attached hydrogens (tertiary/aromatic N) is 2. The number of rotatable bonds is 5. The highest BCUT2D eigenvalue weighted by atomic mass is 35.5. The molecule has 1 fully saturated rings. The second-order valence-electron chi connectivity index (χ2n) is 6.04. The van der Waals surface area contributed by atoms with Crippen LogP contribution in [0.5, 0.6) is 0 Å². The van der Waals surface area contributed by atoms with Crippen molar-refractivity contribution in [3.05, 3.63) is 33.8 Å². The van der Waals surface area contributed by atoms with Crippen molar-refractivity contribution < 1.29 is 9.59 Å². The molecule has 24 heavy (non-hydrogen) atoms. The van der Waals surface area contributed by atoms with Crippen molar-refractivity contribution >= 4 is 46.8 Å². The van der Waals surface area contributed by atoms with Gasteiger partial charge in [0.25, 0.3) is 0 Å². The number of likely N-dealkylation sites (N-methyl/N-ethyl adjacent to an activating group) is 1. The predicted molar refractivity (Wildman–Crippen MR) is 100 cm³/mol. The standard InChI is InChI=1S/C17H22Cl2N2O2S/c1-4-11(2)16(22)21-10-24-9-14(21)17(23)20(3)8-12-6-5-7-13(18)15(12)19/h5-7,11,14H,4,8-10H2,1-3H3/t11-,14-/m1/s1. The molecule has 1 aromatic carbocycles. The third kappa shape index (κ3) is 4.19. The molecule has 2 amide bonds. The zero-order valence-electron chi connectivity index (χ0n) is 14.1. The number of halogens is 2. The van der Waals surface area contributed by atoms with Crippen LogP contribution >= 0.6 is 35.0 Å². The SMILES string of the molecule is CC[C@@H](C)C(=O)N1CSC[C@@H]1C(=O)N(C)Cc1cccc(Cl)c1Cl. The number of hydrogen-bond donors (Lipinski definition) is 0. The molecule has 2 rings (SSSR count). The zero-order valence-corrected chi connectivity index (χ0v) is 16.4. The van der Waals surface area contributed by atoms with Crippen molar-refractivity contribution in [1.82, 2.24) is 9.80 Å². The van der Waals surface area contributed by atoms with E-state index in [9.17, 15) is 9.59 Å². The van der Waals surface area contributed by atoms with E-state index in [0.717, 1.165) is 12.0 Å². The van der Waals surface area contributed by atoms with Crippen molar-refractivity contribution in [2.75, 3.05) is 18.7 Å². The largest absolute Gasteiger partial charge is 0.340 e. The number of hydrogen-bond acceptors (Lipinski definition) is 3. The van der Waals surface area contributed by atoms with Gasteiger partial charge in [-0.2, -0.15) is 0 Å². The van der Waals surface area contributed by atoms with Crippen molar-refractivity contribution in [3.63, 3.8) is 0 Å². The minimum atomic E-state index is -0.403. The Bertz CT molecular complexity index is 627. The fraction of sp³-hybridized carbons (Fsp3) is 0.529. The Labute approximate surface area is 157 Å². The molecule has 1 aromatic rings. The van der Waals surface area contributed by atoms with Crippen LogP contribution in [0.15, 0.2) is 18.2 Å². The van der Waals surface area contributed by atoms with Crippen molar-refractivity contribution in [3.8, 4) is 0 Å². The van der Waals surface area contributed by atoms with Crippen molar-refractivity contribution in [2.24, 2.45) is 5.92 Å². The van der Waals surface area contributed by atoms with Gasteiger partial charge in [0.15, 0.2) is 0 Å². The Morgan fingerprint density at radius 1 is 1.42 bits per heavy atom. The second-order valence-corrected chi connectivity index (χ2v) is 7.83. The lowest BCUT2D eigenvalue weighted by Crippen LogP contribution is -2.49. The van der Waals surface area contributed by atoms with Crippen LogP contribution < -0.4 is 0 Å². The van der Waals surface area contributed by atoms with E-state index >= 15 is 0 Å². The molecular weight excluding hydrogens is 367 g/mol. The molecule has 0 N–H and O–H groups in total. The topological polar surface area (TPSA) is 40.6 Å². The van der Waals surface area contributed by atoms with Crippen molar-refractivity contribution in [2.45, 2.75) is 32.9 Å². The monoisotopic (exact) mass is 388 g/mol. The van der Waals surface area contributed by atoms with Gasteiger partial charge < -0.3 is 9.80 Å². The first-order chi connectivity index (χ1) is 11.4. The highest BCUT2D eigenvalue weighted by molar-refractivity contribution is 7.99. The number of carbonyl (C=O) groups is 2. The summed E-state index contributed by atoms with van der Waals surface area (Å²) in [6.45, 7) is 4.25. The van der Waals surface area contributed by atoms with Crippen LogP contribution in [0.1, 0.15) is 25.8 Å². The molecule has 1 aliphatic heterocycles. The Hall–Kier alpha value is -0.910. The average molecular weight is 389 g/mol.